The predicted octanol–water partition coefficient (Wildman–Crippen LogP) is 5.55. The molecular weight excluding hydrogens is 417 g/mol. The summed E-state index contributed by atoms with van der Waals surface area (Å²) in [4.78, 5) is 0. The molecule has 0 unspecified atom stereocenters. The van der Waals surface area contributed by atoms with Crippen molar-refractivity contribution in [3.63, 3.8) is 0 Å². The molecule has 0 aromatic heterocycles. The molecule has 0 fully saturated rings. The number of rotatable bonds is 6. The number of benzene rings is 2. The van der Waals surface area contributed by atoms with Crippen molar-refractivity contribution in [3.05, 3.63) is 61.5 Å². The first-order chi connectivity index (χ1) is 10.1. The zero-order valence-electron chi connectivity index (χ0n) is 11.6. The Balaban J connectivity index is 1.97. The Kier molecular flexibility index (Phi) is 6.55. The van der Waals surface area contributed by atoms with Gasteiger partial charge in [0.2, 0.25) is 0 Å². The van der Waals surface area contributed by atoms with Crippen molar-refractivity contribution in [2.75, 3.05) is 6.61 Å². The van der Waals surface area contributed by atoms with Gasteiger partial charge >= 0.3 is 0 Å². The third kappa shape index (κ3) is 4.99. The molecule has 112 valence electrons. The molecule has 1 N–H and O–H groups in total. The average Bonchev–Trinajstić information content (AvgIpc) is 2.43. The Bertz CT molecular complexity index is 596. The summed E-state index contributed by atoms with van der Waals surface area (Å²) < 4.78 is 7.49. The summed E-state index contributed by atoms with van der Waals surface area (Å²) in [6.07, 6.45) is 0. The minimum absolute atomic E-state index is 0.642. The molecule has 2 aromatic rings. The van der Waals surface area contributed by atoms with Crippen LogP contribution in [0.5, 0.6) is 5.75 Å². The Morgan fingerprint density at radius 1 is 1.05 bits per heavy atom. The molecule has 0 saturated carbocycles. The molecule has 2 aromatic carbocycles. The van der Waals surface area contributed by atoms with Crippen LogP contribution < -0.4 is 10.1 Å². The summed E-state index contributed by atoms with van der Waals surface area (Å²) in [6, 6.07) is 12.0. The molecule has 0 heterocycles. The second-order valence-corrected chi connectivity index (χ2v) is 6.70. The standard InChI is InChI=1S/C16H16Br2ClNO/c1-2-21-16-14(17)7-12(8-15(16)18)10-20-9-11-4-3-5-13(19)6-11/h3-8,20H,2,9-10H2,1H3. The van der Waals surface area contributed by atoms with Gasteiger partial charge in [0.1, 0.15) is 5.75 Å². The number of hydrogen-bond donors (Lipinski definition) is 1. The Morgan fingerprint density at radius 3 is 2.33 bits per heavy atom. The van der Waals surface area contributed by atoms with Crippen molar-refractivity contribution in [1.82, 2.24) is 5.32 Å². The summed E-state index contributed by atoms with van der Waals surface area (Å²) in [6.45, 7) is 4.17. The highest BCUT2D eigenvalue weighted by molar-refractivity contribution is 9.11. The molecule has 0 aliphatic heterocycles. The van der Waals surface area contributed by atoms with E-state index in [4.69, 9.17) is 16.3 Å². The number of hydrogen-bond acceptors (Lipinski definition) is 2. The van der Waals surface area contributed by atoms with Crippen LogP contribution in [0.1, 0.15) is 18.1 Å². The van der Waals surface area contributed by atoms with Gasteiger partial charge in [0.25, 0.3) is 0 Å². The minimum Gasteiger partial charge on any atom is -0.492 e. The van der Waals surface area contributed by atoms with E-state index in [0.29, 0.717) is 6.61 Å². The van der Waals surface area contributed by atoms with Gasteiger partial charge in [-0.1, -0.05) is 23.7 Å². The van der Waals surface area contributed by atoms with Crippen LogP contribution in [0.4, 0.5) is 0 Å². The van der Waals surface area contributed by atoms with E-state index >= 15 is 0 Å². The quantitative estimate of drug-likeness (QED) is 0.645. The third-order valence-electron chi connectivity index (χ3n) is 2.89. The van der Waals surface area contributed by atoms with Gasteiger partial charge in [-0.15, -0.1) is 0 Å². The second-order valence-electron chi connectivity index (χ2n) is 4.56. The molecule has 0 spiro atoms. The van der Waals surface area contributed by atoms with Crippen LogP contribution in [0.2, 0.25) is 5.02 Å². The lowest BCUT2D eigenvalue weighted by Gasteiger charge is -2.11. The normalized spacial score (nSPS) is 10.7. The monoisotopic (exact) mass is 431 g/mol. The summed E-state index contributed by atoms with van der Waals surface area (Å²) >= 11 is 13.1. The van der Waals surface area contributed by atoms with E-state index in [2.05, 4.69) is 55.4 Å². The van der Waals surface area contributed by atoms with Crippen molar-refractivity contribution >= 4 is 43.5 Å². The number of halogens is 3. The fraction of sp³-hybridized carbons (Fsp3) is 0.250. The first kappa shape index (κ1) is 16.8. The molecule has 21 heavy (non-hydrogen) atoms. The van der Waals surface area contributed by atoms with Crippen LogP contribution >= 0.6 is 43.5 Å². The van der Waals surface area contributed by atoms with E-state index in [1.807, 2.05) is 25.1 Å². The zero-order chi connectivity index (χ0) is 15.2. The molecule has 0 amide bonds. The zero-order valence-corrected chi connectivity index (χ0v) is 15.6. The van der Waals surface area contributed by atoms with Crippen LogP contribution in [0.15, 0.2) is 45.3 Å². The Hall–Kier alpha value is -0.550. The molecule has 5 heteroatoms. The van der Waals surface area contributed by atoms with Crippen molar-refractivity contribution in [3.8, 4) is 5.75 Å². The van der Waals surface area contributed by atoms with E-state index in [1.54, 1.807) is 0 Å². The van der Waals surface area contributed by atoms with Crippen molar-refractivity contribution < 1.29 is 4.74 Å². The molecular formula is C16H16Br2ClNO. The Labute approximate surface area is 147 Å². The van der Waals surface area contributed by atoms with Gasteiger partial charge in [0.05, 0.1) is 15.6 Å². The van der Waals surface area contributed by atoms with E-state index in [0.717, 1.165) is 32.8 Å². The van der Waals surface area contributed by atoms with Crippen LogP contribution in [0.3, 0.4) is 0 Å². The number of ether oxygens (including phenoxy) is 1. The fourth-order valence-corrected chi connectivity index (χ4v) is 3.72. The average molecular weight is 434 g/mol. The van der Waals surface area contributed by atoms with E-state index in [9.17, 15) is 0 Å². The highest BCUT2D eigenvalue weighted by Crippen LogP contribution is 2.34. The summed E-state index contributed by atoms with van der Waals surface area (Å²) in [5.74, 6) is 0.844. The largest absolute Gasteiger partial charge is 0.492 e. The van der Waals surface area contributed by atoms with Crippen molar-refractivity contribution in [1.29, 1.82) is 0 Å². The molecule has 2 nitrogen and oxygen atoms in total. The number of nitrogens with one attached hydrogen (secondary N) is 1. The van der Waals surface area contributed by atoms with Crippen LogP contribution in [-0.2, 0) is 13.1 Å². The third-order valence-corrected chi connectivity index (χ3v) is 4.31. The lowest BCUT2D eigenvalue weighted by molar-refractivity contribution is 0.336. The van der Waals surface area contributed by atoms with Gasteiger partial charge in [0, 0.05) is 18.1 Å². The molecule has 2 rings (SSSR count). The SMILES string of the molecule is CCOc1c(Br)cc(CNCc2cccc(Cl)c2)cc1Br. The van der Waals surface area contributed by atoms with Gasteiger partial charge < -0.3 is 10.1 Å². The maximum Gasteiger partial charge on any atom is 0.147 e. The predicted molar refractivity (Wildman–Crippen MR) is 95.0 cm³/mol. The second kappa shape index (κ2) is 8.18. The van der Waals surface area contributed by atoms with E-state index in [-0.39, 0.29) is 0 Å². The van der Waals surface area contributed by atoms with Crippen LogP contribution in [0, 0.1) is 0 Å². The summed E-state index contributed by atoms with van der Waals surface area (Å²) in [7, 11) is 0. The van der Waals surface area contributed by atoms with Gasteiger partial charge in [-0.2, -0.15) is 0 Å². The maximum atomic E-state index is 5.98. The van der Waals surface area contributed by atoms with E-state index in [1.165, 1.54) is 11.1 Å². The van der Waals surface area contributed by atoms with Crippen LogP contribution in [-0.4, -0.2) is 6.61 Å². The lowest BCUT2D eigenvalue weighted by atomic mass is 10.2. The molecule has 0 aliphatic rings. The Morgan fingerprint density at radius 2 is 1.71 bits per heavy atom. The fourth-order valence-electron chi connectivity index (χ4n) is 1.99. The minimum atomic E-state index is 0.642. The first-order valence-corrected chi connectivity index (χ1v) is 8.62. The maximum absolute atomic E-state index is 5.98. The summed E-state index contributed by atoms with van der Waals surface area (Å²) in [5, 5.41) is 4.17. The lowest BCUT2D eigenvalue weighted by Crippen LogP contribution is -2.12. The molecule has 0 radical (unpaired) electrons. The summed E-state index contributed by atoms with van der Waals surface area (Å²) in [5.41, 5.74) is 2.35. The van der Waals surface area contributed by atoms with Crippen LogP contribution in [0.25, 0.3) is 0 Å². The van der Waals surface area contributed by atoms with Gasteiger partial charge in [-0.3, -0.25) is 0 Å². The molecule has 0 atom stereocenters. The van der Waals surface area contributed by atoms with E-state index < -0.39 is 0 Å². The topological polar surface area (TPSA) is 21.3 Å². The molecule has 0 aliphatic carbocycles. The van der Waals surface area contributed by atoms with Gasteiger partial charge in [-0.05, 0) is 74.2 Å². The molecule has 0 bridgehead atoms. The smallest absolute Gasteiger partial charge is 0.147 e. The van der Waals surface area contributed by atoms with Gasteiger partial charge in [0.15, 0.2) is 0 Å². The highest BCUT2D eigenvalue weighted by atomic mass is 79.9. The van der Waals surface area contributed by atoms with Crippen molar-refractivity contribution in [2.24, 2.45) is 0 Å². The van der Waals surface area contributed by atoms with Gasteiger partial charge in [-0.25, -0.2) is 0 Å². The van der Waals surface area contributed by atoms with Crippen molar-refractivity contribution in [2.45, 2.75) is 20.0 Å². The first-order valence-electron chi connectivity index (χ1n) is 6.66. The molecule has 0 saturated heterocycles. The highest BCUT2D eigenvalue weighted by Gasteiger charge is 2.08.